The van der Waals surface area contributed by atoms with Gasteiger partial charge in [0.25, 0.3) is 5.91 Å². The van der Waals surface area contributed by atoms with Crippen molar-refractivity contribution in [3.63, 3.8) is 0 Å². The van der Waals surface area contributed by atoms with Crippen LogP contribution >= 0.6 is 11.6 Å². The van der Waals surface area contributed by atoms with Gasteiger partial charge >= 0.3 is 0 Å². The Morgan fingerprint density at radius 3 is 2.48 bits per heavy atom. The average molecular weight is 433 g/mol. The van der Waals surface area contributed by atoms with E-state index in [0.717, 1.165) is 22.2 Å². The molecule has 3 aromatic rings. The molecule has 1 N–H and O–H groups in total. The Labute approximate surface area is 176 Å². The van der Waals surface area contributed by atoms with Crippen LogP contribution in [-0.2, 0) is 22.2 Å². The fourth-order valence-corrected chi connectivity index (χ4v) is 3.85. The molecule has 3 rings (SSSR count). The number of aromatic nitrogens is 1. The minimum Gasteiger partial charge on any atom is -0.497 e. The highest BCUT2D eigenvalue weighted by Crippen LogP contribution is 2.31. The van der Waals surface area contributed by atoms with E-state index in [9.17, 15) is 13.8 Å². The molecule has 1 atom stereocenters. The molecule has 1 aromatic heterocycles. The third kappa shape index (κ3) is 4.52. The number of fused-ring (bicyclic) bond motifs is 1. The van der Waals surface area contributed by atoms with Crippen molar-refractivity contribution in [2.45, 2.75) is 19.8 Å². The largest absolute Gasteiger partial charge is 0.497 e. The predicted octanol–water partition coefficient (Wildman–Crippen LogP) is 3.64. The lowest BCUT2D eigenvalue weighted by Crippen LogP contribution is -2.25. The van der Waals surface area contributed by atoms with Crippen molar-refractivity contribution in [3.8, 4) is 5.75 Å². The Bertz CT molecular complexity index is 1110. The molecule has 0 spiro atoms. The van der Waals surface area contributed by atoms with Crippen molar-refractivity contribution in [1.29, 1.82) is 0 Å². The van der Waals surface area contributed by atoms with Crippen LogP contribution in [0.15, 0.2) is 42.5 Å². The quantitative estimate of drug-likeness (QED) is 0.645. The molecule has 0 aliphatic rings. The van der Waals surface area contributed by atoms with Gasteiger partial charge in [0.05, 0.1) is 12.6 Å². The van der Waals surface area contributed by atoms with E-state index in [4.69, 9.17) is 16.3 Å². The first-order valence-electron chi connectivity index (χ1n) is 8.93. The summed E-state index contributed by atoms with van der Waals surface area (Å²) in [4.78, 5) is 25.3. The Morgan fingerprint density at radius 1 is 1.17 bits per heavy atom. The standard InChI is InChI=1S/C21H21ClN2O4S/c1-13-17-12-16(28-2)8-9-19(17)24(18(13)10-11-20(25)23-29(3)27)21(26)14-4-6-15(22)7-5-14/h4-9,12H,10-11H2,1-3H3,(H,23,25). The number of benzene rings is 2. The first-order chi connectivity index (χ1) is 13.8. The summed E-state index contributed by atoms with van der Waals surface area (Å²) >= 11 is 5.95. The van der Waals surface area contributed by atoms with Crippen molar-refractivity contribution in [2.75, 3.05) is 13.4 Å². The number of rotatable bonds is 6. The van der Waals surface area contributed by atoms with Gasteiger partial charge in [-0.2, -0.15) is 0 Å². The van der Waals surface area contributed by atoms with E-state index in [1.165, 1.54) is 6.26 Å². The average Bonchev–Trinajstić information content (AvgIpc) is 2.97. The van der Waals surface area contributed by atoms with E-state index in [2.05, 4.69) is 4.72 Å². The monoisotopic (exact) mass is 432 g/mol. The van der Waals surface area contributed by atoms with Gasteiger partial charge in [0, 0.05) is 34.3 Å². The van der Waals surface area contributed by atoms with Gasteiger partial charge in [-0.3, -0.25) is 18.9 Å². The Kier molecular flexibility index (Phi) is 6.39. The summed E-state index contributed by atoms with van der Waals surface area (Å²) in [6.07, 6.45) is 1.84. The molecule has 0 radical (unpaired) electrons. The minimum atomic E-state index is -1.43. The lowest BCUT2D eigenvalue weighted by Gasteiger charge is -2.11. The molecule has 1 amide bonds. The molecule has 152 valence electrons. The molecule has 1 unspecified atom stereocenters. The van der Waals surface area contributed by atoms with Gasteiger partial charge in [-0.15, -0.1) is 0 Å². The molecule has 0 saturated heterocycles. The molecular weight excluding hydrogens is 412 g/mol. The number of nitrogens with zero attached hydrogens (tertiary/aromatic N) is 1. The molecule has 1 heterocycles. The smallest absolute Gasteiger partial charge is 0.262 e. The van der Waals surface area contributed by atoms with Gasteiger partial charge in [0.2, 0.25) is 5.91 Å². The van der Waals surface area contributed by atoms with Crippen molar-refractivity contribution in [3.05, 3.63) is 64.3 Å². The Hall–Kier alpha value is -2.64. The van der Waals surface area contributed by atoms with Crippen molar-refractivity contribution in [2.24, 2.45) is 0 Å². The Morgan fingerprint density at radius 2 is 1.86 bits per heavy atom. The molecule has 29 heavy (non-hydrogen) atoms. The first kappa shape index (κ1) is 21.1. The van der Waals surface area contributed by atoms with Gasteiger partial charge in [0.15, 0.2) is 0 Å². The van der Waals surface area contributed by atoms with Gasteiger partial charge in [-0.05, 0) is 61.4 Å². The fraction of sp³-hybridized carbons (Fsp3) is 0.238. The minimum absolute atomic E-state index is 0.113. The molecule has 0 aliphatic heterocycles. The summed E-state index contributed by atoms with van der Waals surface area (Å²) in [6, 6.07) is 12.2. The number of methoxy groups -OCH3 is 1. The zero-order chi connectivity index (χ0) is 21.1. The van der Waals surface area contributed by atoms with E-state index in [0.29, 0.717) is 22.8 Å². The number of hydrogen-bond acceptors (Lipinski definition) is 4. The maximum absolute atomic E-state index is 13.3. The van der Waals surface area contributed by atoms with Crippen molar-refractivity contribution >= 4 is 45.3 Å². The zero-order valence-corrected chi connectivity index (χ0v) is 17.9. The number of ether oxygens (including phenoxy) is 1. The van der Waals surface area contributed by atoms with Crippen LogP contribution in [0.5, 0.6) is 5.75 Å². The van der Waals surface area contributed by atoms with Crippen LogP contribution in [0.3, 0.4) is 0 Å². The number of nitrogens with one attached hydrogen (secondary N) is 1. The molecule has 0 saturated carbocycles. The molecular formula is C21H21ClN2O4S. The van der Waals surface area contributed by atoms with Crippen LogP contribution < -0.4 is 9.46 Å². The second-order valence-electron chi connectivity index (χ2n) is 6.58. The highest BCUT2D eigenvalue weighted by atomic mass is 35.5. The molecule has 6 nitrogen and oxygen atoms in total. The highest BCUT2D eigenvalue weighted by Gasteiger charge is 2.21. The number of aryl methyl sites for hydroxylation is 1. The lowest BCUT2D eigenvalue weighted by atomic mass is 10.1. The second kappa shape index (κ2) is 8.80. The van der Waals surface area contributed by atoms with E-state index >= 15 is 0 Å². The summed E-state index contributed by atoms with van der Waals surface area (Å²) in [5.41, 5.74) is 2.84. The number of amides is 1. The second-order valence-corrected chi connectivity index (χ2v) is 8.13. The van der Waals surface area contributed by atoms with Crippen LogP contribution in [0.4, 0.5) is 0 Å². The van der Waals surface area contributed by atoms with Gasteiger partial charge in [-0.1, -0.05) is 11.6 Å². The van der Waals surface area contributed by atoms with Gasteiger partial charge in [-0.25, -0.2) is 4.21 Å². The maximum atomic E-state index is 13.3. The summed E-state index contributed by atoms with van der Waals surface area (Å²) < 4.78 is 20.6. The van der Waals surface area contributed by atoms with Crippen LogP contribution in [0.2, 0.25) is 5.02 Å². The number of halogens is 1. The predicted molar refractivity (Wildman–Crippen MR) is 115 cm³/mol. The molecule has 2 aromatic carbocycles. The normalized spacial score (nSPS) is 12.0. The van der Waals surface area contributed by atoms with E-state index in [1.54, 1.807) is 42.0 Å². The highest BCUT2D eigenvalue weighted by molar-refractivity contribution is 7.82. The summed E-state index contributed by atoms with van der Waals surface area (Å²) in [5, 5.41) is 1.42. The van der Waals surface area contributed by atoms with Crippen LogP contribution in [-0.4, -0.2) is 34.0 Å². The third-order valence-electron chi connectivity index (χ3n) is 4.69. The summed E-state index contributed by atoms with van der Waals surface area (Å²) in [7, 11) is 0.159. The van der Waals surface area contributed by atoms with Gasteiger partial charge < -0.3 is 4.74 Å². The number of carbonyl (C=O) groups excluding carboxylic acids is 2. The van der Waals surface area contributed by atoms with E-state index < -0.39 is 11.0 Å². The Balaban J connectivity index is 2.09. The van der Waals surface area contributed by atoms with Crippen molar-refractivity contribution in [1.82, 2.24) is 9.29 Å². The van der Waals surface area contributed by atoms with E-state index in [1.807, 2.05) is 19.1 Å². The summed E-state index contributed by atoms with van der Waals surface area (Å²) in [6.45, 7) is 1.92. The SMILES string of the molecule is COc1ccc2c(c1)c(C)c(CCC(=O)NS(C)=O)n2C(=O)c1ccc(Cl)cc1. The molecule has 8 heteroatoms. The summed E-state index contributed by atoms with van der Waals surface area (Å²) in [5.74, 6) is 0.139. The fourth-order valence-electron chi connectivity index (χ4n) is 3.30. The van der Waals surface area contributed by atoms with Gasteiger partial charge in [0.1, 0.15) is 16.7 Å². The van der Waals surface area contributed by atoms with Crippen LogP contribution in [0.1, 0.15) is 28.0 Å². The lowest BCUT2D eigenvalue weighted by molar-refractivity contribution is -0.119. The van der Waals surface area contributed by atoms with Crippen molar-refractivity contribution < 1.29 is 18.5 Å². The maximum Gasteiger partial charge on any atom is 0.262 e. The molecule has 0 aliphatic carbocycles. The third-order valence-corrected chi connectivity index (χ3v) is 5.46. The molecule has 0 fully saturated rings. The first-order valence-corrected chi connectivity index (χ1v) is 10.9. The zero-order valence-electron chi connectivity index (χ0n) is 16.3. The molecule has 0 bridgehead atoms. The van der Waals surface area contributed by atoms with Crippen LogP contribution in [0, 0.1) is 6.92 Å². The van der Waals surface area contributed by atoms with Crippen LogP contribution in [0.25, 0.3) is 10.9 Å². The number of carbonyl (C=O) groups is 2. The number of hydrogen-bond donors (Lipinski definition) is 1. The topological polar surface area (TPSA) is 77.4 Å². The van der Waals surface area contributed by atoms with E-state index in [-0.39, 0.29) is 18.2 Å².